The molecule has 0 unspecified atom stereocenters. The summed E-state index contributed by atoms with van der Waals surface area (Å²) in [6.45, 7) is 10.5. The van der Waals surface area contributed by atoms with Crippen molar-refractivity contribution in [1.82, 2.24) is 0 Å². The second-order valence-electron chi connectivity index (χ2n) is 6.75. The van der Waals surface area contributed by atoms with E-state index in [0.29, 0.717) is 18.6 Å². The van der Waals surface area contributed by atoms with Gasteiger partial charge in [0.1, 0.15) is 11.2 Å². The number of rotatable bonds is 5. The summed E-state index contributed by atoms with van der Waals surface area (Å²) < 4.78 is 10.3. The summed E-state index contributed by atoms with van der Waals surface area (Å²) in [5.74, 6) is -0.456. The van der Waals surface area contributed by atoms with Crippen molar-refractivity contribution in [2.24, 2.45) is 4.99 Å². The van der Waals surface area contributed by atoms with Gasteiger partial charge in [-0.3, -0.25) is 4.79 Å². The molecule has 1 amide bonds. The summed E-state index contributed by atoms with van der Waals surface area (Å²) in [5, 5.41) is 8.87. The third kappa shape index (κ3) is 12.1. The highest BCUT2D eigenvalue weighted by Crippen LogP contribution is 2.12. The summed E-state index contributed by atoms with van der Waals surface area (Å²) in [6.07, 6.45) is -0.0605. The molecule has 0 radical (unpaired) electrons. The molecular formula is C15H27NO5. The van der Waals surface area contributed by atoms with E-state index in [1.165, 1.54) is 0 Å². The molecule has 0 bridgehead atoms. The molecule has 0 aromatic rings. The number of aliphatic hydroxyl groups is 1. The minimum atomic E-state index is -0.737. The van der Waals surface area contributed by atoms with Gasteiger partial charge in [-0.2, -0.15) is 4.99 Å². The van der Waals surface area contributed by atoms with Gasteiger partial charge in [0.25, 0.3) is 0 Å². The number of hydrogen-bond donors (Lipinski definition) is 1. The Bertz CT molecular complexity index is 388. The Labute approximate surface area is 126 Å². The van der Waals surface area contributed by atoms with E-state index in [4.69, 9.17) is 14.6 Å². The number of carbonyl (C=O) groups is 2. The first-order chi connectivity index (χ1) is 9.43. The second kappa shape index (κ2) is 8.12. The Morgan fingerprint density at radius 3 is 1.95 bits per heavy atom. The third-order valence-electron chi connectivity index (χ3n) is 2.03. The summed E-state index contributed by atoms with van der Waals surface area (Å²) in [7, 11) is 0. The summed E-state index contributed by atoms with van der Waals surface area (Å²) in [4.78, 5) is 27.3. The van der Waals surface area contributed by atoms with Crippen molar-refractivity contribution in [3.8, 4) is 0 Å². The monoisotopic (exact) mass is 301 g/mol. The summed E-state index contributed by atoms with van der Waals surface area (Å²) in [6, 6.07) is 0. The molecule has 1 N–H and O–H groups in total. The highest BCUT2D eigenvalue weighted by Gasteiger charge is 2.20. The highest BCUT2D eigenvalue weighted by molar-refractivity contribution is 6.03. The number of esters is 1. The zero-order valence-corrected chi connectivity index (χ0v) is 13.9. The van der Waals surface area contributed by atoms with Gasteiger partial charge in [-0.15, -0.1) is 0 Å². The summed E-state index contributed by atoms with van der Waals surface area (Å²) in [5.41, 5.74) is -0.882. The van der Waals surface area contributed by atoms with Gasteiger partial charge in [0.15, 0.2) is 0 Å². The molecule has 21 heavy (non-hydrogen) atoms. The van der Waals surface area contributed by atoms with Gasteiger partial charge in [-0.25, -0.2) is 4.79 Å². The minimum Gasteiger partial charge on any atom is -0.460 e. The van der Waals surface area contributed by atoms with Crippen LogP contribution in [-0.2, 0) is 14.3 Å². The Hall–Kier alpha value is -1.43. The Kier molecular flexibility index (Phi) is 7.57. The van der Waals surface area contributed by atoms with Crippen LogP contribution in [0, 0.1) is 0 Å². The number of ether oxygens (including phenoxy) is 2. The lowest BCUT2D eigenvalue weighted by atomic mass is 10.1. The molecule has 0 atom stereocenters. The molecule has 0 saturated heterocycles. The first-order valence-corrected chi connectivity index (χ1v) is 7.05. The fourth-order valence-electron chi connectivity index (χ4n) is 1.42. The number of aliphatic imine (C=N–C) groups is 1. The molecule has 0 aliphatic heterocycles. The van der Waals surface area contributed by atoms with Crippen molar-refractivity contribution in [2.45, 2.75) is 72.0 Å². The van der Waals surface area contributed by atoms with E-state index in [2.05, 4.69) is 4.99 Å². The predicted octanol–water partition coefficient (Wildman–Crippen LogP) is 2.87. The van der Waals surface area contributed by atoms with Crippen molar-refractivity contribution in [3.05, 3.63) is 0 Å². The largest absolute Gasteiger partial charge is 0.460 e. The molecule has 0 aliphatic rings. The molecule has 6 nitrogen and oxygen atoms in total. The van der Waals surface area contributed by atoms with E-state index in [1.54, 1.807) is 41.5 Å². The lowest BCUT2D eigenvalue weighted by molar-refractivity contribution is -0.153. The van der Waals surface area contributed by atoms with Crippen molar-refractivity contribution in [2.75, 3.05) is 6.61 Å². The number of amides is 1. The Morgan fingerprint density at radius 1 is 1.00 bits per heavy atom. The molecule has 0 aromatic carbocycles. The zero-order chi connectivity index (χ0) is 16.7. The molecule has 0 aliphatic carbocycles. The van der Waals surface area contributed by atoms with E-state index in [1.807, 2.05) is 0 Å². The standard InChI is InChI=1S/C15H27NO5/c1-14(2,3)20-12(18)10-11(8-7-9-17)16-13(19)21-15(4,5)6/h17H,7-10H2,1-6H3. The predicted molar refractivity (Wildman–Crippen MR) is 80.5 cm³/mol. The van der Waals surface area contributed by atoms with Crippen LogP contribution in [0.4, 0.5) is 4.79 Å². The van der Waals surface area contributed by atoms with Crippen LogP contribution in [-0.4, -0.2) is 40.7 Å². The van der Waals surface area contributed by atoms with E-state index in [9.17, 15) is 9.59 Å². The highest BCUT2D eigenvalue weighted by atomic mass is 16.6. The molecule has 0 aromatic heterocycles. The maximum Gasteiger partial charge on any atom is 0.434 e. The number of carbonyl (C=O) groups excluding carboxylic acids is 2. The third-order valence-corrected chi connectivity index (χ3v) is 2.03. The number of nitrogens with zero attached hydrogens (tertiary/aromatic N) is 1. The maximum atomic E-state index is 11.8. The molecule has 0 spiro atoms. The average molecular weight is 301 g/mol. The molecule has 0 rings (SSSR count). The second-order valence-corrected chi connectivity index (χ2v) is 6.75. The van der Waals surface area contributed by atoms with Crippen LogP contribution in [0.15, 0.2) is 4.99 Å². The maximum absolute atomic E-state index is 11.8. The van der Waals surface area contributed by atoms with Gasteiger partial charge >= 0.3 is 12.1 Å². The van der Waals surface area contributed by atoms with Crippen LogP contribution >= 0.6 is 0 Å². The molecule has 122 valence electrons. The van der Waals surface area contributed by atoms with Gasteiger partial charge < -0.3 is 14.6 Å². The first-order valence-electron chi connectivity index (χ1n) is 7.05. The lowest BCUT2D eigenvalue weighted by Gasteiger charge is -2.20. The molecule has 0 fully saturated rings. The van der Waals surface area contributed by atoms with Crippen LogP contribution in [0.25, 0.3) is 0 Å². The SMILES string of the molecule is CC(C)(C)OC(=O)CC(CCCO)=NC(=O)OC(C)(C)C. The van der Waals surface area contributed by atoms with Gasteiger partial charge in [0.2, 0.25) is 0 Å². The first kappa shape index (κ1) is 19.6. The average Bonchev–Trinajstić information content (AvgIpc) is 2.20. The number of hydrogen-bond acceptors (Lipinski definition) is 5. The van der Waals surface area contributed by atoms with Crippen molar-refractivity contribution in [1.29, 1.82) is 0 Å². The van der Waals surface area contributed by atoms with Gasteiger partial charge in [0.05, 0.1) is 6.42 Å². The molecular weight excluding hydrogens is 274 g/mol. The molecule has 0 saturated carbocycles. The van der Waals surface area contributed by atoms with Crippen LogP contribution in [0.2, 0.25) is 0 Å². The van der Waals surface area contributed by atoms with Crippen LogP contribution in [0.1, 0.15) is 60.8 Å². The lowest BCUT2D eigenvalue weighted by Crippen LogP contribution is -2.26. The number of aliphatic hydroxyl groups excluding tert-OH is 1. The quantitative estimate of drug-likeness (QED) is 0.623. The van der Waals surface area contributed by atoms with Crippen LogP contribution in [0.3, 0.4) is 0 Å². The van der Waals surface area contributed by atoms with Crippen LogP contribution in [0.5, 0.6) is 0 Å². The van der Waals surface area contributed by atoms with Crippen LogP contribution < -0.4 is 0 Å². The topological polar surface area (TPSA) is 85.2 Å². The van der Waals surface area contributed by atoms with Gasteiger partial charge in [0, 0.05) is 12.3 Å². The van der Waals surface area contributed by atoms with E-state index in [0.717, 1.165) is 0 Å². The van der Waals surface area contributed by atoms with E-state index in [-0.39, 0.29) is 13.0 Å². The summed E-state index contributed by atoms with van der Waals surface area (Å²) >= 11 is 0. The van der Waals surface area contributed by atoms with E-state index < -0.39 is 23.3 Å². The normalized spacial score (nSPS) is 13.0. The molecule has 6 heteroatoms. The van der Waals surface area contributed by atoms with Crippen molar-refractivity contribution < 1.29 is 24.2 Å². The van der Waals surface area contributed by atoms with Gasteiger partial charge in [-0.05, 0) is 54.4 Å². The minimum absolute atomic E-state index is 0.0400. The Morgan fingerprint density at radius 2 is 1.52 bits per heavy atom. The van der Waals surface area contributed by atoms with Crippen molar-refractivity contribution >= 4 is 17.8 Å². The van der Waals surface area contributed by atoms with Crippen molar-refractivity contribution in [3.63, 3.8) is 0 Å². The Balaban J connectivity index is 4.79. The smallest absolute Gasteiger partial charge is 0.434 e. The van der Waals surface area contributed by atoms with Gasteiger partial charge in [-0.1, -0.05) is 0 Å². The van der Waals surface area contributed by atoms with E-state index >= 15 is 0 Å². The fraction of sp³-hybridized carbons (Fsp3) is 0.800. The fourth-order valence-corrected chi connectivity index (χ4v) is 1.42. The molecule has 0 heterocycles. The zero-order valence-electron chi connectivity index (χ0n) is 13.9.